The summed E-state index contributed by atoms with van der Waals surface area (Å²) in [7, 11) is -4.81. The summed E-state index contributed by atoms with van der Waals surface area (Å²) >= 11 is 1.01. The molecule has 1 aromatic heterocycles. The van der Waals surface area contributed by atoms with Crippen LogP contribution in [-0.2, 0) is 35.1 Å². The fourth-order valence-electron chi connectivity index (χ4n) is 5.20. The second kappa shape index (κ2) is 13.5. The number of anilines is 1. The quantitative estimate of drug-likeness (QED) is 0.0482. The molecule has 0 spiro atoms. The molecular formula is C32H33N7O7S2. The van der Waals surface area contributed by atoms with Crippen molar-refractivity contribution in [2.75, 3.05) is 5.73 Å². The summed E-state index contributed by atoms with van der Waals surface area (Å²) < 4.78 is 32.5. The average Bonchev–Trinajstić information content (AvgIpc) is 3.50. The number of nitrogens with two attached hydrogens (primary N) is 1. The molecule has 14 nitrogen and oxygen atoms in total. The highest BCUT2D eigenvalue weighted by molar-refractivity contribution is 7.84. The maximum absolute atomic E-state index is 13.7. The van der Waals surface area contributed by atoms with Gasteiger partial charge in [0.15, 0.2) is 10.8 Å². The van der Waals surface area contributed by atoms with Gasteiger partial charge in [0.2, 0.25) is 5.60 Å². The molecule has 0 bridgehead atoms. The molecule has 1 fully saturated rings. The predicted octanol–water partition coefficient (Wildman–Crippen LogP) is 2.36. The second-order valence-corrected chi connectivity index (χ2v) is 13.5. The van der Waals surface area contributed by atoms with E-state index in [0.717, 1.165) is 28.0 Å². The molecule has 0 aliphatic carbocycles. The molecule has 0 unspecified atom stereocenters. The highest BCUT2D eigenvalue weighted by Gasteiger charge is 2.51. The van der Waals surface area contributed by atoms with Crippen molar-refractivity contribution in [2.24, 2.45) is 5.16 Å². The molecule has 3 amide bonds. The maximum atomic E-state index is 13.7. The number of rotatable bonds is 12. The Morgan fingerprint density at radius 3 is 1.88 bits per heavy atom. The number of carbonyl (C=O) groups excluding carboxylic acids is 3. The minimum absolute atomic E-state index is 0.00774. The van der Waals surface area contributed by atoms with Crippen molar-refractivity contribution in [2.45, 2.75) is 44.0 Å². The van der Waals surface area contributed by atoms with Crippen molar-refractivity contribution in [3.05, 3.63) is 119 Å². The van der Waals surface area contributed by atoms with E-state index in [2.05, 4.69) is 26.3 Å². The molecule has 3 aromatic carbocycles. The van der Waals surface area contributed by atoms with Crippen molar-refractivity contribution in [1.29, 1.82) is 0 Å². The zero-order valence-corrected chi connectivity index (χ0v) is 27.7. The Hall–Kier alpha value is -5.16. The first kappa shape index (κ1) is 34.2. The highest BCUT2D eigenvalue weighted by atomic mass is 32.2. The number of benzene rings is 3. The Morgan fingerprint density at radius 2 is 1.46 bits per heavy atom. The van der Waals surface area contributed by atoms with Crippen LogP contribution in [0.15, 0.2) is 102 Å². The summed E-state index contributed by atoms with van der Waals surface area (Å²) in [6.45, 7) is 4.21. The van der Waals surface area contributed by atoms with E-state index in [1.807, 2.05) is 91.0 Å². The van der Waals surface area contributed by atoms with E-state index in [0.29, 0.717) is 0 Å². The maximum Gasteiger partial charge on any atom is 0.362 e. The molecule has 1 saturated heterocycles. The molecule has 1 aliphatic heterocycles. The summed E-state index contributed by atoms with van der Waals surface area (Å²) in [6.07, 6.45) is 0. The number of oxime groups is 1. The van der Waals surface area contributed by atoms with Crippen molar-refractivity contribution in [3.63, 3.8) is 0 Å². The largest absolute Gasteiger partial charge is 0.379 e. The van der Waals surface area contributed by atoms with Crippen LogP contribution >= 0.6 is 11.3 Å². The van der Waals surface area contributed by atoms with Gasteiger partial charge in [0.05, 0.1) is 6.04 Å². The number of thiazole rings is 1. The lowest BCUT2D eigenvalue weighted by atomic mass is 9.77. The summed E-state index contributed by atoms with van der Waals surface area (Å²) in [5, 5.41) is 7.88. The van der Waals surface area contributed by atoms with E-state index < -0.39 is 57.0 Å². The Balaban J connectivity index is 1.41. The normalized spacial score (nSPS) is 17.0. The van der Waals surface area contributed by atoms with Gasteiger partial charge in [-0.2, -0.15) is 8.42 Å². The standard InChI is InChI=1S/C32H33N7O7S2/c1-20-25(28(41)39(20)48(43,44)45)35-27(40)26(24-19-47-30(33)34-24)37-46-31(2,3)29(42)36-38-32(21-13-7-4-8-14-21,22-15-9-5-10-16-22)23-17-11-6-12-18-23/h4-20,25,38H,1-3H3,(H2,33,34)(H,35,40)(H,36,42)(H,43,44,45)/b37-26-/t20-,25-/m0/s1. The first-order valence-corrected chi connectivity index (χ1v) is 16.9. The smallest absolute Gasteiger partial charge is 0.362 e. The van der Waals surface area contributed by atoms with Crippen molar-refractivity contribution < 1.29 is 32.2 Å². The molecule has 48 heavy (non-hydrogen) atoms. The van der Waals surface area contributed by atoms with Gasteiger partial charge in [0.1, 0.15) is 17.3 Å². The lowest BCUT2D eigenvalue weighted by molar-refractivity contribution is -0.144. The van der Waals surface area contributed by atoms with Crippen LogP contribution in [0.1, 0.15) is 43.2 Å². The molecule has 4 aromatic rings. The third-order valence-electron chi connectivity index (χ3n) is 7.75. The molecule has 0 saturated carbocycles. The van der Waals surface area contributed by atoms with E-state index in [4.69, 9.17) is 10.6 Å². The number of hydrogen-bond acceptors (Lipinski definition) is 11. The number of hydrazine groups is 1. The van der Waals surface area contributed by atoms with Crippen LogP contribution in [0.4, 0.5) is 5.13 Å². The van der Waals surface area contributed by atoms with Crippen LogP contribution in [0.3, 0.4) is 0 Å². The zero-order valence-electron chi connectivity index (χ0n) is 26.0. The Morgan fingerprint density at radius 1 is 0.958 bits per heavy atom. The van der Waals surface area contributed by atoms with E-state index in [1.165, 1.54) is 26.2 Å². The molecule has 2 atom stereocenters. The third-order valence-corrected chi connectivity index (χ3v) is 9.43. The molecule has 0 radical (unpaired) electrons. The summed E-state index contributed by atoms with van der Waals surface area (Å²) in [6, 6.07) is 26.4. The van der Waals surface area contributed by atoms with Crippen LogP contribution < -0.4 is 21.9 Å². The van der Waals surface area contributed by atoms with Crippen LogP contribution in [0.25, 0.3) is 0 Å². The van der Waals surface area contributed by atoms with E-state index >= 15 is 0 Å². The summed E-state index contributed by atoms with van der Waals surface area (Å²) in [5.41, 5.74) is 11.2. The van der Waals surface area contributed by atoms with Crippen LogP contribution in [0, 0.1) is 0 Å². The Kier molecular flexibility index (Phi) is 9.63. The van der Waals surface area contributed by atoms with Crippen molar-refractivity contribution in [3.8, 4) is 0 Å². The van der Waals surface area contributed by atoms with Gasteiger partial charge in [0.25, 0.3) is 17.7 Å². The molecule has 6 N–H and O–H groups in total. The van der Waals surface area contributed by atoms with E-state index in [9.17, 15) is 27.4 Å². The fourth-order valence-corrected chi connectivity index (χ4v) is 6.63. The SMILES string of the molecule is C[C@H]1[C@H](NC(=O)/C(=N\OC(C)(C)C(=O)NNC(c2ccccc2)(c2ccccc2)c2ccccc2)c2csc(N)n2)C(=O)N1S(=O)(=O)O. The van der Waals surface area contributed by atoms with Gasteiger partial charge in [0, 0.05) is 5.38 Å². The molecule has 5 rings (SSSR count). The van der Waals surface area contributed by atoms with E-state index in [-0.39, 0.29) is 15.1 Å². The van der Waals surface area contributed by atoms with Crippen LogP contribution in [0.2, 0.25) is 0 Å². The third kappa shape index (κ3) is 6.77. The number of aromatic nitrogens is 1. The minimum Gasteiger partial charge on any atom is -0.379 e. The number of hydrogen-bond donors (Lipinski definition) is 5. The number of nitrogen functional groups attached to an aromatic ring is 1. The zero-order chi connectivity index (χ0) is 34.7. The van der Waals surface area contributed by atoms with Gasteiger partial charge in [-0.3, -0.25) is 24.4 Å². The van der Waals surface area contributed by atoms with Gasteiger partial charge in [-0.25, -0.2) is 14.7 Å². The average molecular weight is 692 g/mol. The molecule has 1 aliphatic rings. The summed E-state index contributed by atoms with van der Waals surface area (Å²) in [5.74, 6) is -2.64. The van der Waals surface area contributed by atoms with Gasteiger partial charge >= 0.3 is 10.3 Å². The lowest BCUT2D eigenvalue weighted by Crippen LogP contribution is -2.71. The van der Waals surface area contributed by atoms with Gasteiger partial charge in [-0.05, 0) is 37.5 Å². The van der Waals surface area contributed by atoms with E-state index in [1.54, 1.807) is 0 Å². The predicted molar refractivity (Wildman–Crippen MR) is 179 cm³/mol. The van der Waals surface area contributed by atoms with Gasteiger partial charge < -0.3 is 15.9 Å². The van der Waals surface area contributed by atoms with Crippen molar-refractivity contribution >= 4 is 50.2 Å². The first-order chi connectivity index (χ1) is 22.8. The molecule has 250 valence electrons. The monoisotopic (exact) mass is 691 g/mol. The number of β-lactam (4-membered cyclic amide) rings is 1. The van der Waals surface area contributed by atoms with Crippen LogP contribution in [0.5, 0.6) is 0 Å². The van der Waals surface area contributed by atoms with Crippen LogP contribution in [-0.4, -0.2) is 63.4 Å². The number of nitrogens with one attached hydrogen (secondary N) is 3. The van der Waals surface area contributed by atoms with Gasteiger partial charge in [-0.15, -0.1) is 11.3 Å². The lowest BCUT2D eigenvalue weighted by Gasteiger charge is -2.42. The van der Waals surface area contributed by atoms with Crippen molar-refractivity contribution in [1.82, 2.24) is 25.5 Å². The fraction of sp³-hybridized carbons (Fsp3) is 0.219. The number of nitrogens with zero attached hydrogens (tertiary/aromatic N) is 3. The highest BCUT2D eigenvalue weighted by Crippen LogP contribution is 2.36. The summed E-state index contributed by atoms with van der Waals surface area (Å²) in [4.78, 5) is 49.2. The Labute approximate surface area is 280 Å². The molecule has 16 heteroatoms. The molecular weight excluding hydrogens is 659 g/mol. The first-order valence-electron chi connectivity index (χ1n) is 14.6. The number of carbonyl (C=O) groups is 3. The molecule has 2 heterocycles. The Bertz CT molecular complexity index is 1840. The topological polar surface area (TPSA) is 205 Å². The minimum atomic E-state index is -4.81. The van der Waals surface area contributed by atoms with Gasteiger partial charge in [-0.1, -0.05) is 96.2 Å². The number of amides is 3. The second-order valence-electron chi connectivity index (χ2n) is 11.3.